The van der Waals surface area contributed by atoms with Crippen molar-refractivity contribution in [3.05, 3.63) is 58.9 Å². The number of hydrogen-bond donors (Lipinski definition) is 1. The number of benzene rings is 2. The molecule has 1 N–H and O–H groups in total. The number of carboxylic acid groups (broad SMARTS) is 1. The second-order valence-corrected chi connectivity index (χ2v) is 15.8. The lowest BCUT2D eigenvalue weighted by Crippen LogP contribution is -2.52. The van der Waals surface area contributed by atoms with Gasteiger partial charge in [0.05, 0.1) is 12.5 Å². The molecule has 56 heavy (non-hydrogen) atoms. The summed E-state index contributed by atoms with van der Waals surface area (Å²) in [4.78, 5) is 70.8. The first-order chi connectivity index (χ1) is 26.4. The van der Waals surface area contributed by atoms with Crippen molar-refractivity contribution < 1.29 is 56.1 Å². The number of amides is 5. The molecule has 5 amide bonds. The normalized spacial score (nSPS) is 22.3. The van der Waals surface area contributed by atoms with Crippen molar-refractivity contribution >= 4 is 35.6 Å². The Kier molecular flexibility index (Phi) is 11.7. The Morgan fingerprint density at radius 2 is 1.38 bits per heavy atom. The Bertz CT molecular complexity index is 1840. The molecule has 0 aromatic heterocycles. The number of piperazine rings is 2. The number of nitrogens with zero attached hydrogens (tertiary/aromatic N) is 5. The lowest BCUT2D eigenvalue weighted by Gasteiger charge is -2.36. The number of carbonyl (C=O) groups is 5. The minimum absolute atomic E-state index is 0.0000698. The molecule has 0 radical (unpaired) electrons. The van der Waals surface area contributed by atoms with E-state index in [2.05, 4.69) is 0 Å². The molecule has 304 valence electrons. The molecule has 3 saturated heterocycles. The van der Waals surface area contributed by atoms with Gasteiger partial charge >= 0.3 is 18.4 Å². The lowest BCUT2D eigenvalue weighted by molar-refractivity contribution is -0.182. The van der Waals surface area contributed by atoms with Crippen LogP contribution in [0.2, 0.25) is 0 Å². The standard InChI is InChI=1S/C39H47F4N5O8/c1-38(2,3)56-37(54)47-11-10-30(22-47)55-32-9-6-25(20-31(32)24-4-7-27(8-5-24)39(41,42)43)34(50)44-12-14-45(15-13-44)35(51)26-18-28(40)21-29(19-26)48-17-16-46(36(52)53)23-33(48)49/h6,9,18-21,24,27,30H,4-5,7-8,10-17,22-23H2,1-3H3,(H,52,53)/t24?,27?,30-/m0/s1. The molecule has 13 nitrogen and oxygen atoms in total. The molecule has 2 aromatic carbocycles. The van der Waals surface area contributed by atoms with Crippen molar-refractivity contribution in [2.45, 2.75) is 76.7 Å². The topological polar surface area (TPSA) is 140 Å². The summed E-state index contributed by atoms with van der Waals surface area (Å²) >= 11 is 0. The molecule has 3 heterocycles. The first-order valence-corrected chi connectivity index (χ1v) is 18.9. The molecule has 6 rings (SSSR count). The number of likely N-dealkylation sites (tertiary alicyclic amines) is 1. The van der Waals surface area contributed by atoms with E-state index in [9.17, 15) is 46.6 Å². The fourth-order valence-electron chi connectivity index (χ4n) is 7.78. The van der Waals surface area contributed by atoms with Crippen LogP contribution < -0.4 is 9.64 Å². The van der Waals surface area contributed by atoms with Crippen LogP contribution in [0.4, 0.5) is 32.8 Å². The number of hydrogen-bond acceptors (Lipinski definition) is 7. The van der Waals surface area contributed by atoms with E-state index in [1.165, 1.54) is 15.9 Å². The summed E-state index contributed by atoms with van der Waals surface area (Å²) in [6.07, 6.45) is -5.37. The molecule has 0 unspecified atom stereocenters. The fourth-order valence-corrected chi connectivity index (χ4v) is 7.78. The van der Waals surface area contributed by atoms with E-state index >= 15 is 0 Å². The third kappa shape index (κ3) is 9.46. The highest BCUT2D eigenvalue weighted by Gasteiger charge is 2.42. The first-order valence-electron chi connectivity index (χ1n) is 18.9. The molecule has 2 aromatic rings. The van der Waals surface area contributed by atoms with E-state index in [0.717, 1.165) is 17.0 Å². The number of ether oxygens (including phenoxy) is 2. The fraction of sp³-hybridized carbons (Fsp3) is 0.564. The minimum Gasteiger partial charge on any atom is -0.488 e. The summed E-state index contributed by atoms with van der Waals surface area (Å²) in [5, 5.41) is 9.21. The Balaban J connectivity index is 1.12. The zero-order valence-corrected chi connectivity index (χ0v) is 31.6. The maximum absolute atomic E-state index is 14.7. The number of rotatable bonds is 6. The summed E-state index contributed by atoms with van der Waals surface area (Å²) in [5.74, 6) is -3.31. The van der Waals surface area contributed by atoms with Crippen molar-refractivity contribution in [3.63, 3.8) is 0 Å². The quantitative estimate of drug-likeness (QED) is 0.353. The number of halogens is 4. The second-order valence-electron chi connectivity index (χ2n) is 15.8. The molecule has 4 fully saturated rings. The molecule has 3 aliphatic heterocycles. The van der Waals surface area contributed by atoms with Crippen LogP contribution in [0, 0.1) is 11.7 Å². The Hall–Kier alpha value is -5.09. The van der Waals surface area contributed by atoms with Crippen LogP contribution in [0.25, 0.3) is 0 Å². The highest BCUT2D eigenvalue weighted by atomic mass is 19.4. The highest BCUT2D eigenvalue weighted by molar-refractivity contribution is 6.00. The lowest BCUT2D eigenvalue weighted by atomic mass is 9.78. The van der Waals surface area contributed by atoms with Gasteiger partial charge in [-0.15, -0.1) is 0 Å². The van der Waals surface area contributed by atoms with Crippen molar-refractivity contribution in [2.24, 2.45) is 5.92 Å². The van der Waals surface area contributed by atoms with E-state index in [1.807, 2.05) is 0 Å². The molecule has 1 atom stereocenters. The highest BCUT2D eigenvalue weighted by Crippen LogP contribution is 2.45. The van der Waals surface area contributed by atoms with Crippen LogP contribution in [0.5, 0.6) is 5.75 Å². The van der Waals surface area contributed by atoms with E-state index in [4.69, 9.17) is 9.47 Å². The Labute approximate surface area is 322 Å². The predicted molar refractivity (Wildman–Crippen MR) is 194 cm³/mol. The Morgan fingerprint density at radius 1 is 0.750 bits per heavy atom. The summed E-state index contributed by atoms with van der Waals surface area (Å²) in [6, 6.07) is 8.55. The molecule has 0 bridgehead atoms. The van der Waals surface area contributed by atoms with Gasteiger partial charge in [-0.1, -0.05) is 0 Å². The number of alkyl halides is 3. The Morgan fingerprint density at radius 3 is 1.96 bits per heavy atom. The summed E-state index contributed by atoms with van der Waals surface area (Å²) in [6.45, 7) is 6.27. The van der Waals surface area contributed by atoms with Gasteiger partial charge in [0.2, 0.25) is 5.91 Å². The molecular weight excluding hydrogens is 742 g/mol. The van der Waals surface area contributed by atoms with Crippen molar-refractivity contribution in [3.8, 4) is 5.75 Å². The van der Waals surface area contributed by atoms with E-state index in [1.54, 1.807) is 48.8 Å². The summed E-state index contributed by atoms with van der Waals surface area (Å²) < 4.78 is 67.3. The average Bonchev–Trinajstić information content (AvgIpc) is 3.62. The van der Waals surface area contributed by atoms with Crippen molar-refractivity contribution in [2.75, 3.05) is 63.8 Å². The van der Waals surface area contributed by atoms with E-state index in [0.29, 0.717) is 29.8 Å². The monoisotopic (exact) mass is 789 g/mol. The molecule has 0 spiro atoms. The van der Waals surface area contributed by atoms with Crippen LogP contribution in [-0.2, 0) is 9.53 Å². The predicted octanol–water partition coefficient (Wildman–Crippen LogP) is 5.97. The molecule has 17 heteroatoms. The van der Waals surface area contributed by atoms with Crippen LogP contribution >= 0.6 is 0 Å². The van der Waals surface area contributed by atoms with Crippen molar-refractivity contribution in [1.29, 1.82) is 0 Å². The van der Waals surface area contributed by atoms with Gasteiger partial charge in [-0.3, -0.25) is 19.3 Å². The van der Waals surface area contributed by atoms with Gasteiger partial charge in [-0.2, -0.15) is 13.2 Å². The first kappa shape index (κ1) is 40.6. The second kappa shape index (κ2) is 16.2. The van der Waals surface area contributed by atoms with Gasteiger partial charge in [-0.25, -0.2) is 14.0 Å². The molecule has 4 aliphatic rings. The van der Waals surface area contributed by atoms with Gasteiger partial charge in [0.25, 0.3) is 11.8 Å². The average molecular weight is 790 g/mol. The van der Waals surface area contributed by atoms with Crippen LogP contribution in [0.3, 0.4) is 0 Å². The smallest absolute Gasteiger partial charge is 0.410 e. The van der Waals surface area contributed by atoms with Gasteiger partial charge in [-0.05, 0) is 94.3 Å². The number of anilines is 1. The molecule has 1 saturated carbocycles. The third-order valence-electron chi connectivity index (χ3n) is 10.8. The van der Waals surface area contributed by atoms with E-state index < -0.39 is 54.1 Å². The maximum atomic E-state index is 14.7. The summed E-state index contributed by atoms with van der Waals surface area (Å²) in [7, 11) is 0. The van der Waals surface area contributed by atoms with Crippen molar-refractivity contribution in [1.82, 2.24) is 19.6 Å². The van der Waals surface area contributed by atoms with Crippen LogP contribution in [0.1, 0.15) is 85.1 Å². The zero-order chi connectivity index (χ0) is 40.5. The van der Waals surface area contributed by atoms with Gasteiger partial charge in [0.15, 0.2) is 0 Å². The van der Waals surface area contributed by atoms with Crippen LogP contribution in [0.15, 0.2) is 36.4 Å². The largest absolute Gasteiger partial charge is 0.488 e. The van der Waals surface area contributed by atoms with Crippen LogP contribution in [-0.4, -0.2) is 131 Å². The maximum Gasteiger partial charge on any atom is 0.410 e. The van der Waals surface area contributed by atoms with Gasteiger partial charge < -0.3 is 34.2 Å². The minimum atomic E-state index is -4.28. The van der Waals surface area contributed by atoms with E-state index in [-0.39, 0.29) is 101 Å². The summed E-state index contributed by atoms with van der Waals surface area (Å²) in [5.41, 5.74) is 0.450. The SMILES string of the molecule is CC(C)(C)OC(=O)N1CC[C@H](Oc2ccc(C(=O)N3CCN(C(=O)c4cc(F)cc(N5CCN(C(=O)O)CC5=O)c4)CC3)cc2C2CCC(C(F)(F)F)CC2)C1. The molecule has 1 aliphatic carbocycles. The third-order valence-corrected chi connectivity index (χ3v) is 10.8. The van der Waals surface area contributed by atoms with Gasteiger partial charge in [0, 0.05) is 69.0 Å². The van der Waals surface area contributed by atoms with Gasteiger partial charge in [0.1, 0.15) is 29.8 Å². The zero-order valence-electron chi connectivity index (χ0n) is 31.6. The molecular formula is C39H47F4N5O8. The number of carbonyl (C=O) groups excluding carboxylic acids is 4.